The number of aryl methyl sites for hydroxylation is 2. The van der Waals surface area contributed by atoms with Crippen molar-refractivity contribution in [3.63, 3.8) is 0 Å². The zero-order valence-electron chi connectivity index (χ0n) is 19.2. The molecule has 0 N–H and O–H groups in total. The summed E-state index contributed by atoms with van der Waals surface area (Å²) < 4.78 is 18.7. The fourth-order valence-electron chi connectivity index (χ4n) is 4.49. The average molecular weight is 424 g/mol. The first-order valence-corrected chi connectivity index (χ1v) is 11.0. The van der Waals surface area contributed by atoms with Crippen molar-refractivity contribution in [2.45, 2.75) is 52.7 Å². The average Bonchev–Trinajstić information content (AvgIpc) is 3.21. The maximum absolute atomic E-state index is 6.25. The van der Waals surface area contributed by atoms with Gasteiger partial charge in [-0.05, 0) is 82.4 Å². The van der Waals surface area contributed by atoms with Crippen LogP contribution in [0.5, 0.6) is 0 Å². The Labute approximate surface area is 186 Å². The highest BCUT2D eigenvalue weighted by Gasteiger charge is 2.51. The summed E-state index contributed by atoms with van der Waals surface area (Å²) in [4.78, 5) is 9.94. The second kappa shape index (κ2) is 6.30. The van der Waals surface area contributed by atoms with Gasteiger partial charge in [-0.3, -0.25) is 0 Å². The van der Waals surface area contributed by atoms with Crippen LogP contribution in [0.4, 0.5) is 0 Å². The maximum Gasteiger partial charge on any atom is 0.494 e. The minimum Gasteiger partial charge on any atom is -0.453 e. The highest BCUT2D eigenvalue weighted by molar-refractivity contribution is 6.62. The molecule has 0 amide bonds. The van der Waals surface area contributed by atoms with E-state index in [1.54, 1.807) is 0 Å². The second-order valence-corrected chi connectivity index (χ2v) is 9.93. The molecule has 2 aromatic heterocycles. The molecule has 1 aliphatic heterocycles. The van der Waals surface area contributed by atoms with Crippen LogP contribution >= 0.6 is 0 Å². The molecule has 5 nitrogen and oxygen atoms in total. The fourth-order valence-corrected chi connectivity index (χ4v) is 4.49. The Balaban J connectivity index is 1.58. The summed E-state index contributed by atoms with van der Waals surface area (Å²) >= 11 is 0. The van der Waals surface area contributed by atoms with Crippen molar-refractivity contribution in [3.05, 3.63) is 53.6 Å². The van der Waals surface area contributed by atoms with Crippen LogP contribution in [0.2, 0.25) is 0 Å². The van der Waals surface area contributed by atoms with Crippen LogP contribution in [0.1, 0.15) is 38.8 Å². The molecule has 6 heteroatoms. The van der Waals surface area contributed by atoms with Gasteiger partial charge in [0.25, 0.3) is 0 Å². The number of benzene rings is 3. The molecule has 0 radical (unpaired) electrons. The topological polar surface area (TPSA) is 57.4 Å². The number of hydrogen-bond acceptors (Lipinski definition) is 5. The molecule has 0 bridgehead atoms. The number of fused-ring (bicyclic) bond motifs is 6. The number of aromatic nitrogens is 2. The lowest BCUT2D eigenvalue weighted by molar-refractivity contribution is 0.00578. The lowest BCUT2D eigenvalue weighted by atomic mass is 9.79. The molecule has 0 atom stereocenters. The van der Waals surface area contributed by atoms with Crippen molar-refractivity contribution in [3.8, 4) is 0 Å². The summed E-state index contributed by atoms with van der Waals surface area (Å²) in [5.41, 5.74) is 7.54. The van der Waals surface area contributed by atoms with E-state index >= 15 is 0 Å². The Kier molecular flexibility index (Phi) is 3.88. The van der Waals surface area contributed by atoms with E-state index in [1.807, 2.05) is 18.2 Å². The fraction of sp³-hybridized carbons (Fsp3) is 0.308. The Morgan fingerprint density at radius 3 is 2.22 bits per heavy atom. The SMILES string of the molecule is Cc1ccc2nc3c(cc(C)c4nc5cc(B6OC(C)(C)C(C)(C)O6)ccc5c43)oc2c1. The van der Waals surface area contributed by atoms with Gasteiger partial charge in [0.05, 0.1) is 22.2 Å². The third kappa shape index (κ3) is 2.73. The van der Waals surface area contributed by atoms with E-state index in [9.17, 15) is 0 Å². The van der Waals surface area contributed by atoms with Crippen molar-refractivity contribution < 1.29 is 13.7 Å². The van der Waals surface area contributed by atoms with Crippen molar-refractivity contribution in [2.75, 3.05) is 0 Å². The van der Waals surface area contributed by atoms with Gasteiger partial charge in [0.2, 0.25) is 0 Å². The summed E-state index contributed by atoms with van der Waals surface area (Å²) in [5.74, 6) is 0. The van der Waals surface area contributed by atoms with Crippen LogP contribution in [-0.2, 0) is 9.31 Å². The van der Waals surface area contributed by atoms with E-state index < -0.39 is 7.12 Å². The Morgan fingerprint density at radius 2 is 1.47 bits per heavy atom. The van der Waals surface area contributed by atoms with Gasteiger partial charge in [-0.1, -0.05) is 18.2 Å². The molecule has 0 aliphatic carbocycles. The van der Waals surface area contributed by atoms with E-state index in [0.29, 0.717) is 0 Å². The van der Waals surface area contributed by atoms with E-state index in [0.717, 1.165) is 60.6 Å². The van der Waals surface area contributed by atoms with Gasteiger partial charge in [-0.2, -0.15) is 0 Å². The zero-order valence-corrected chi connectivity index (χ0v) is 19.2. The van der Waals surface area contributed by atoms with E-state index in [-0.39, 0.29) is 11.2 Å². The molecule has 3 aromatic carbocycles. The van der Waals surface area contributed by atoms with Crippen LogP contribution < -0.4 is 5.46 Å². The zero-order chi connectivity index (χ0) is 22.4. The normalized spacial score (nSPS) is 17.9. The van der Waals surface area contributed by atoms with Crippen LogP contribution in [-0.4, -0.2) is 28.3 Å². The molecule has 5 aromatic rings. The summed E-state index contributed by atoms with van der Waals surface area (Å²) in [6.07, 6.45) is 0. The van der Waals surface area contributed by atoms with E-state index in [2.05, 4.69) is 65.8 Å². The van der Waals surface area contributed by atoms with Gasteiger partial charge < -0.3 is 13.7 Å². The molecule has 6 rings (SSSR count). The maximum atomic E-state index is 6.25. The smallest absolute Gasteiger partial charge is 0.453 e. The number of nitrogens with zero attached hydrogens (tertiary/aromatic N) is 2. The molecule has 1 fully saturated rings. The number of hydrogen-bond donors (Lipinski definition) is 0. The van der Waals surface area contributed by atoms with Crippen LogP contribution in [0.15, 0.2) is 46.9 Å². The highest BCUT2D eigenvalue weighted by atomic mass is 16.7. The van der Waals surface area contributed by atoms with Gasteiger partial charge >= 0.3 is 7.12 Å². The Bertz CT molecular complexity index is 1550. The summed E-state index contributed by atoms with van der Waals surface area (Å²) in [6, 6.07) is 14.4. The van der Waals surface area contributed by atoms with E-state index in [4.69, 9.17) is 23.7 Å². The molecular weight excluding hydrogens is 399 g/mol. The van der Waals surface area contributed by atoms with Crippen molar-refractivity contribution in [2.24, 2.45) is 0 Å². The summed E-state index contributed by atoms with van der Waals surface area (Å²) in [6.45, 7) is 12.4. The predicted molar refractivity (Wildman–Crippen MR) is 130 cm³/mol. The molecule has 1 saturated heterocycles. The van der Waals surface area contributed by atoms with Gasteiger partial charge in [0, 0.05) is 10.8 Å². The minimum absolute atomic E-state index is 0.381. The van der Waals surface area contributed by atoms with Gasteiger partial charge in [-0.15, -0.1) is 0 Å². The van der Waals surface area contributed by atoms with Crippen LogP contribution in [0.3, 0.4) is 0 Å². The first-order chi connectivity index (χ1) is 15.1. The largest absolute Gasteiger partial charge is 0.494 e. The third-order valence-electron chi connectivity index (χ3n) is 7.04. The third-order valence-corrected chi connectivity index (χ3v) is 7.04. The molecule has 160 valence electrons. The lowest BCUT2D eigenvalue weighted by Gasteiger charge is -2.32. The van der Waals surface area contributed by atoms with Crippen molar-refractivity contribution in [1.29, 1.82) is 0 Å². The monoisotopic (exact) mass is 424 g/mol. The van der Waals surface area contributed by atoms with Gasteiger partial charge in [-0.25, -0.2) is 9.97 Å². The molecule has 0 spiro atoms. The Morgan fingerprint density at radius 1 is 0.750 bits per heavy atom. The second-order valence-electron chi connectivity index (χ2n) is 9.93. The van der Waals surface area contributed by atoms with E-state index in [1.165, 1.54) is 0 Å². The lowest BCUT2D eigenvalue weighted by Crippen LogP contribution is -2.41. The van der Waals surface area contributed by atoms with Crippen LogP contribution in [0, 0.1) is 13.8 Å². The summed E-state index contributed by atoms with van der Waals surface area (Å²) in [7, 11) is -0.414. The van der Waals surface area contributed by atoms with Gasteiger partial charge in [0.1, 0.15) is 11.0 Å². The molecule has 32 heavy (non-hydrogen) atoms. The molecule has 1 aliphatic rings. The first kappa shape index (κ1) is 19.7. The van der Waals surface area contributed by atoms with Crippen LogP contribution in [0.25, 0.3) is 44.0 Å². The minimum atomic E-state index is -0.414. The quantitative estimate of drug-likeness (QED) is 0.259. The van der Waals surface area contributed by atoms with Gasteiger partial charge in [0.15, 0.2) is 11.2 Å². The molecule has 0 unspecified atom stereocenters. The molecule has 3 heterocycles. The molecule has 0 saturated carbocycles. The number of rotatable bonds is 1. The highest BCUT2D eigenvalue weighted by Crippen LogP contribution is 2.38. The molecular formula is C26H25BN2O3. The summed E-state index contributed by atoms with van der Waals surface area (Å²) in [5, 5.41) is 2.09. The van der Waals surface area contributed by atoms with Crippen molar-refractivity contribution in [1.82, 2.24) is 9.97 Å². The van der Waals surface area contributed by atoms with Crippen molar-refractivity contribution >= 4 is 56.6 Å². The Hall–Kier alpha value is -2.96. The standard InChI is InChI=1S/C26H25BN2O3/c1-14-7-10-18-20(11-14)30-21-12-15(2)23-22(24(21)28-18)17-9-8-16(13-19(17)29-23)27-31-25(3,4)26(5,6)32-27/h7-13H,1-6H3. The predicted octanol–water partition coefficient (Wildman–Crippen LogP) is 5.60. The first-order valence-electron chi connectivity index (χ1n) is 11.0.